The van der Waals surface area contributed by atoms with Crippen LogP contribution >= 0.6 is 0 Å². The number of hydrogen-bond acceptors (Lipinski definition) is 3. The van der Waals surface area contributed by atoms with Gasteiger partial charge in [0.15, 0.2) is 5.75 Å². The molecule has 0 spiro atoms. The number of nitrogens with one attached hydrogen (secondary N) is 1. The smallest absolute Gasteiger partial charge is 0.316 e. The summed E-state index contributed by atoms with van der Waals surface area (Å²) in [5.41, 5.74) is 5.68. The van der Waals surface area contributed by atoms with Crippen molar-refractivity contribution in [3.63, 3.8) is 0 Å². The molecule has 2 amide bonds. The third-order valence-electron chi connectivity index (χ3n) is 2.98. The maximum atomic E-state index is 10.8. The highest BCUT2D eigenvalue weighted by atomic mass is 16.5. The van der Waals surface area contributed by atoms with Crippen molar-refractivity contribution in [3.05, 3.63) is 60.9 Å². The van der Waals surface area contributed by atoms with Crippen LogP contribution in [0, 0.1) is 0 Å². The van der Waals surface area contributed by atoms with E-state index in [2.05, 4.69) is 10.3 Å². The Labute approximate surface area is 121 Å². The van der Waals surface area contributed by atoms with E-state index in [0.717, 1.165) is 10.8 Å². The van der Waals surface area contributed by atoms with E-state index in [0.29, 0.717) is 17.2 Å². The van der Waals surface area contributed by atoms with Crippen molar-refractivity contribution in [2.75, 3.05) is 5.32 Å². The largest absolute Gasteiger partial charge is 0.455 e. The molecule has 0 saturated carbocycles. The molecule has 21 heavy (non-hydrogen) atoms. The minimum Gasteiger partial charge on any atom is -0.455 e. The van der Waals surface area contributed by atoms with Crippen molar-refractivity contribution >= 4 is 22.5 Å². The highest BCUT2D eigenvalue weighted by Crippen LogP contribution is 2.29. The molecule has 0 atom stereocenters. The van der Waals surface area contributed by atoms with E-state index >= 15 is 0 Å². The number of primary amides is 1. The first-order chi connectivity index (χ1) is 10.2. The predicted molar refractivity (Wildman–Crippen MR) is 81.5 cm³/mol. The summed E-state index contributed by atoms with van der Waals surface area (Å²) < 4.78 is 5.85. The van der Waals surface area contributed by atoms with Gasteiger partial charge in [0.2, 0.25) is 0 Å². The van der Waals surface area contributed by atoms with E-state index in [9.17, 15) is 4.79 Å². The fourth-order valence-electron chi connectivity index (χ4n) is 2.05. The molecular weight excluding hydrogens is 266 g/mol. The zero-order chi connectivity index (χ0) is 14.7. The van der Waals surface area contributed by atoms with Crippen LogP contribution in [0.1, 0.15) is 0 Å². The number of rotatable bonds is 3. The summed E-state index contributed by atoms with van der Waals surface area (Å²) in [6.45, 7) is 0. The molecule has 3 rings (SSSR count). The molecule has 0 aliphatic carbocycles. The van der Waals surface area contributed by atoms with Gasteiger partial charge in [-0.15, -0.1) is 0 Å². The minimum atomic E-state index is -0.595. The number of pyridine rings is 1. The number of carbonyl (C=O) groups is 1. The second-order valence-electron chi connectivity index (χ2n) is 4.47. The Balaban J connectivity index is 1.87. The molecule has 1 aromatic heterocycles. The van der Waals surface area contributed by atoms with Gasteiger partial charge in [-0.25, -0.2) is 4.79 Å². The minimum absolute atomic E-state index is 0.595. The van der Waals surface area contributed by atoms with Crippen molar-refractivity contribution in [2.24, 2.45) is 5.73 Å². The molecule has 0 unspecified atom stereocenters. The van der Waals surface area contributed by atoms with Gasteiger partial charge in [0.1, 0.15) is 5.75 Å². The van der Waals surface area contributed by atoms with Gasteiger partial charge in [-0.3, -0.25) is 4.98 Å². The molecule has 2 aromatic carbocycles. The lowest BCUT2D eigenvalue weighted by Crippen LogP contribution is -2.19. The number of aromatic nitrogens is 1. The Morgan fingerprint density at radius 3 is 2.57 bits per heavy atom. The highest BCUT2D eigenvalue weighted by Gasteiger charge is 2.04. The van der Waals surface area contributed by atoms with Crippen LogP contribution in [0.3, 0.4) is 0 Å². The molecule has 3 N–H and O–H groups in total. The Morgan fingerprint density at radius 2 is 1.81 bits per heavy atom. The number of benzene rings is 2. The molecular formula is C16H13N3O2. The monoisotopic (exact) mass is 279 g/mol. The maximum Gasteiger partial charge on any atom is 0.316 e. The number of carbonyl (C=O) groups excluding carboxylic acids is 1. The van der Waals surface area contributed by atoms with E-state index in [1.807, 2.05) is 24.3 Å². The first-order valence-corrected chi connectivity index (χ1v) is 6.39. The van der Waals surface area contributed by atoms with Gasteiger partial charge in [-0.2, -0.15) is 0 Å². The van der Waals surface area contributed by atoms with Gasteiger partial charge >= 0.3 is 6.03 Å². The SMILES string of the molecule is NC(=O)Nc1ccc(Oc2cncc3ccccc23)cc1. The molecule has 0 bridgehead atoms. The summed E-state index contributed by atoms with van der Waals surface area (Å²) in [5.74, 6) is 1.34. The normalized spacial score (nSPS) is 10.3. The molecule has 0 radical (unpaired) electrons. The molecule has 5 nitrogen and oxygen atoms in total. The van der Waals surface area contributed by atoms with Crippen molar-refractivity contribution < 1.29 is 9.53 Å². The van der Waals surface area contributed by atoms with E-state index in [-0.39, 0.29) is 0 Å². The summed E-state index contributed by atoms with van der Waals surface area (Å²) in [6, 6.07) is 14.2. The van der Waals surface area contributed by atoms with Gasteiger partial charge in [0.25, 0.3) is 0 Å². The molecule has 3 aromatic rings. The van der Waals surface area contributed by atoms with Crippen LogP contribution in [-0.2, 0) is 0 Å². The number of anilines is 1. The summed E-state index contributed by atoms with van der Waals surface area (Å²) >= 11 is 0. The van der Waals surface area contributed by atoms with Gasteiger partial charge in [-0.05, 0) is 24.3 Å². The molecule has 5 heteroatoms. The number of ether oxygens (including phenoxy) is 1. The Morgan fingerprint density at radius 1 is 1.05 bits per heavy atom. The van der Waals surface area contributed by atoms with Gasteiger partial charge < -0.3 is 15.8 Å². The second kappa shape index (κ2) is 5.50. The van der Waals surface area contributed by atoms with Gasteiger partial charge in [0.05, 0.1) is 6.20 Å². The summed E-state index contributed by atoms with van der Waals surface area (Å²) in [5, 5.41) is 4.50. The van der Waals surface area contributed by atoms with E-state index < -0.39 is 6.03 Å². The molecule has 0 saturated heterocycles. The zero-order valence-corrected chi connectivity index (χ0v) is 11.1. The number of nitrogens with two attached hydrogens (primary N) is 1. The Kier molecular flexibility index (Phi) is 3.39. The number of hydrogen-bond donors (Lipinski definition) is 2. The van der Waals surface area contributed by atoms with Gasteiger partial charge in [-0.1, -0.05) is 24.3 Å². The number of nitrogens with zero attached hydrogens (tertiary/aromatic N) is 1. The standard InChI is InChI=1S/C16H13N3O2/c17-16(20)19-12-5-7-13(8-6-12)21-15-10-18-9-11-3-1-2-4-14(11)15/h1-10H,(H3,17,19,20). The summed E-state index contributed by atoms with van der Waals surface area (Å²) in [7, 11) is 0. The first-order valence-electron chi connectivity index (χ1n) is 6.39. The third-order valence-corrected chi connectivity index (χ3v) is 2.98. The maximum absolute atomic E-state index is 10.8. The Hall–Kier alpha value is -3.08. The lowest BCUT2D eigenvalue weighted by Gasteiger charge is -2.09. The Bertz CT molecular complexity index is 780. The number of amides is 2. The average molecular weight is 279 g/mol. The average Bonchev–Trinajstić information content (AvgIpc) is 2.49. The van der Waals surface area contributed by atoms with Crippen molar-refractivity contribution in [3.8, 4) is 11.5 Å². The van der Waals surface area contributed by atoms with E-state index in [1.54, 1.807) is 36.7 Å². The van der Waals surface area contributed by atoms with Crippen LogP contribution in [0.25, 0.3) is 10.8 Å². The molecule has 0 fully saturated rings. The van der Waals surface area contributed by atoms with Crippen molar-refractivity contribution in [1.29, 1.82) is 0 Å². The van der Waals surface area contributed by atoms with Crippen LogP contribution in [0.5, 0.6) is 11.5 Å². The topological polar surface area (TPSA) is 77.2 Å². The molecule has 0 aliphatic heterocycles. The van der Waals surface area contributed by atoms with Crippen LogP contribution in [0.15, 0.2) is 60.9 Å². The number of urea groups is 1. The lowest BCUT2D eigenvalue weighted by molar-refractivity contribution is 0.259. The van der Waals surface area contributed by atoms with E-state index in [4.69, 9.17) is 10.5 Å². The molecule has 1 heterocycles. The second-order valence-corrected chi connectivity index (χ2v) is 4.47. The quantitative estimate of drug-likeness (QED) is 0.770. The van der Waals surface area contributed by atoms with Crippen molar-refractivity contribution in [1.82, 2.24) is 4.98 Å². The highest BCUT2D eigenvalue weighted by molar-refractivity contribution is 5.88. The van der Waals surface area contributed by atoms with Crippen LogP contribution in [0.4, 0.5) is 10.5 Å². The molecule has 104 valence electrons. The van der Waals surface area contributed by atoms with Crippen LogP contribution < -0.4 is 15.8 Å². The van der Waals surface area contributed by atoms with Crippen molar-refractivity contribution in [2.45, 2.75) is 0 Å². The van der Waals surface area contributed by atoms with Crippen LogP contribution in [0.2, 0.25) is 0 Å². The van der Waals surface area contributed by atoms with Crippen LogP contribution in [-0.4, -0.2) is 11.0 Å². The summed E-state index contributed by atoms with van der Waals surface area (Å²) in [4.78, 5) is 14.9. The lowest BCUT2D eigenvalue weighted by atomic mass is 10.2. The number of fused-ring (bicyclic) bond motifs is 1. The fraction of sp³-hybridized carbons (Fsp3) is 0. The third kappa shape index (κ3) is 2.92. The predicted octanol–water partition coefficient (Wildman–Crippen LogP) is 3.52. The zero-order valence-electron chi connectivity index (χ0n) is 11.1. The van der Waals surface area contributed by atoms with Gasteiger partial charge in [0, 0.05) is 22.7 Å². The fourth-order valence-corrected chi connectivity index (χ4v) is 2.05. The summed E-state index contributed by atoms with van der Waals surface area (Å²) in [6.07, 6.45) is 3.47. The first kappa shape index (κ1) is 12.9. The molecule has 0 aliphatic rings. The van der Waals surface area contributed by atoms with E-state index in [1.165, 1.54) is 0 Å².